The Morgan fingerprint density at radius 2 is 2.28 bits per heavy atom. The Kier molecular flexibility index (Phi) is 4.60. The number of halogens is 1. The van der Waals surface area contributed by atoms with Crippen LogP contribution in [0.5, 0.6) is 0 Å². The summed E-state index contributed by atoms with van der Waals surface area (Å²) in [4.78, 5) is 14.3. The summed E-state index contributed by atoms with van der Waals surface area (Å²) >= 11 is 3.56. The summed E-state index contributed by atoms with van der Waals surface area (Å²) in [5, 5.41) is 6.06. The molecule has 1 heterocycles. The average molecular weight is 312 g/mol. The van der Waals surface area contributed by atoms with Gasteiger partial charge in [0, 0.05) is 24.1 Å². The van der Waals surface area contributed by atoms with Crippen LogP contribution in [0.25, 0.3) is 0 Å². The molecule has 2 rings (SSSR count). The van der Waals surface area contributed by atoms with Gasteiger partial charge in [-0.1, -0.05) is 12.1 Å². The quantitative estimate of drug-likeness (QED) is 0.886. The Morgan fingerprint density at radius 1 is 1.50 bits per heavy atom. The molecule has 1 saturated heterocycles. The van der Waals surface area contributed by atoms with Gasteiger partial charge in [-0.25, -0.2) is 0 Å². The van der Waals surface area contributed by atoms with E-state index in [1.807, 2.05) is 31.3 Å². The fraction of sp³-hybridized carbons (Fsp3) is 0.462. The second kappa shape index (κ2) is 6.20. The fourth-order valence-electron chi connectivity index (χ4n) is 2.25. The number of benzene rings is 1. The van der Waals surface area contributed by atoms with Gasteiger partial charge in [-0.15, -0.1) is 0 Å². The number of nitrogens with zero attached hydrogens (tertiary/aromatic N) is 1. The molecule has 1 aliphatic heterocycles. The largest absolute Gasteiger partial charge is 0.358 e. The van der Waals surface area contributed by atoms with E-state index in [0.29, 0.717) is 6.54 Å². The molecule has 2 N–H and O–H groups in total. The van der Waals surface area contributed by atoms with E-state index in [2.05, 4.69) is 31.5 Å². The molecule has 0 bridgehead atoms. The summed E-state index contributed by atoms with van der Waals surface area (Å²) in [5.74, 6) is 0.0950. The number of carbonyl (C=O) groups is 1. The molecule has 1 fully saturated rings. The molecule has 0 aromatic heterocycles. The molecule has 1 aromatic rings. The highest BCUT2D eigenvalue weighted by atomic mass is 79.9. The van der Waals surface area contributed by atoms with Crippen molar-refractivity contribution in [3.63, 3.8) is 0 Å². The highest BCUT2D eigenvalue weighted by molar-refractivity contribution is 9.10. The van der Waals surface area contributed by atoms with Crippen molar-refractivity contribution >= 4 is 27.5 Å². The van der Waals surface area contributed by atoms with Gasteiger partial charge in [-0.2, -0.15) is 0 Å². The highest BCUT2D eigenvalue weighted by Crippen LogP contribution is 2.28. The first-order valence-electron chi connectivity index (χ1n) is 6.17. The lowest BCUT2D eigenvalue weighted by Crippen LogP contribution is -2.49. The third-order valence-electron chi connectivity index (χ3n) is 3.11. The number of hydrogen-bond acceptors (Lipinski definition) is 3. The lowest BCUT2D eigenvalue weighted by atomic mass is 10.2. The van der Waals surface area contributed by atoms with Gasteiger partial charge in [0.15, 0.2) is 0 Å². The first-order chi connectivity index (χ1) is 8.74. The Bertz CT molecular complexity index is 424. The van der Waals surface area contributed by atoms with Crippen molar-refractivity contribution in [2.24, 2.45) is 0 Å². The van der Waals surface area contributed by atoms with E-state index in [1.54, 1.807) is 0 Å². The van der Waals surface area contributed by atoms with Crippen LogP contribution in [0.4, 0.5) is 5.69 Å². The lowest BCUT2D eigenvalue weighted by molar-refractivity contribution is -0.121. The summed E-state index contributed by atoms with van der Waals surface area (Å²) in [5.41, 5.74) is 1.08. The molecule has 98 valence electrons. The maximum atomic E-state index is 12.1. The maximum Gasteiger partial charge on any atom is 0.244 e. The van der Waals surface area contributed by atoms with Crippen molar-refractivity contribution in [2.45, 2.75) is 12.5 Å². The summed E-state index contributed by atoms with van der Waals surface area (Å²) in [6, 6.07) is 7.88. The normalized spacial score (nSPS) is 20.4. The number of carbonyl (C=O) groups excluding carboxylic acids is 1. The molecular weight excluding hydrogens is 294 g/mol. The SMILES string of the molecule is CNCC1C(=O)NCCCN1c1ccccc1Br. The first-order valence-corrected chi connectivity index (χ1v) is 6.97. The summed E-state index contributed by atoms with van der Waals surface area (Å²) in [6.45, 7) is 2.28. The molecule has 1 unspecified atom stereocenters. The summed E-state index contributed by atoms with van der Waals surface area (Å²) in [6.07, 6.45) is 0.966. The van der Waals surface area contributed by atoms with Gasteiger partial charge in [0.05, 0.1) is 5.69 Å². The molecule has 1 atom stereocenters. The molecule has 5 heteroatoms. The minimum absolute atomic E-state index is 0.0950. The van der Waals surface area contributed by atoms with Gasteiger partial charge in [0.25, 0.3) is 0 Å². The lowest BCUT2D eigenvalue weighted by Gasteiger charge is -2.31. The number of likely N-dealkylation sites (N-methyl/N-ethyl adjacent to an activating group) is 1. The third-order valence-corrected chi connectivity index (χ3v) is 3.78. The Morgan fingerprint density at radius 3 is 3.00 bits per heavy atom. The van der Waals surface area contributed by atoms with E-state index in [9.17, 15) is 4.79 Å². The van der Waals surface area contributed by atoms with E-state index in [4.69, 9.17) is 0 Å². The van der Waals surface area contributed by atoms with Gasteiger partial charge in [-0.3, -0.25) is 4.79 Å². The second-order valence-electron chi connectivity index (χ2n) is 4.36. The second-order valence-corrected chi connectivity index (χ2v) is 5.22. The van der Waals surface area contributed by atoms with Gasteiger partial charge in [-0.05, 0) is 41.5 Å². The van der Waals surface area contributed by atoms with E-state index in [1.165, 1.54) is 0 Å². The zero-order valence-corrected chi connectivity index (χ0v) is 12.0. The molecular formula is C13H18BrN3O. The van der Waals surface area contributed by atoms with Gasteiger partial charge in [0.2, 0.25) is 5.91 Å². The number of para-hydroxylation sites is 1. The number of amides is 1. The third kappa shape index (κ3) is 2.84. The number of rotatable bonds is 3. The van der Waals surface area contributed by atoms with E-state index in [0.717, 1.165) is 29.7 Å². The summed E-state index contributed by atoms with van der Waals surface area (Å²) < 4.78 is 1.03. The van der Waals surface area contributed by atoms with Crippen molar-refractivity contribution in [3.8, 4) is 0 Å². The van der Waals surface area contributed by atoms with E-state index >= 15 is 0 Å². The van der Waals surface area contributed by atoms with Crippen LogP contribution < -0.4 is 15.5 Å². The molecule has 4 nitrogen and oxygen atoms in total. The number of nitrogens with one attached hydrogen (secondary N) is 2. The molecule has 18 heavy (non-hydrogen) atoms. The molecule has 1 amide bonds. The Balaban J connectivity index is 2.32. The van der Waals surface area contributed by atoms with Crippen LogP contribution in [0.15, 0.2) is 28.7 Å². The molecule has 0 aliphatic carbocycles. The molecule has 0 radical (unpaired) electrons. The van der Waals surface area contributed by atoms with E-state index < -0.39 is 0 Å². The first kappa shape index (κ1) is 13.4. The Hall–Kier alpha value is -1.07. The maximum absolute atomic E-state index is 12.1. The van der Waals surface area contributed by atoms with E-state index in [-0.39, 0.29) is 11.9 Å². The zero-order chi connectivity index (χ0) is 13.0. The summed E-state index contributed by atoms with van der Waals surface area (Å²) in [7, 11) is 1.87. The monoisotopic (exact) mass is 311 g/mol. The minimum atomic E-state index is -0.156. The van der Waals surface area contributed by atoms with Crippen LogP contribution >= 0.6 is 15.9 Å². The van der Waals surface area contributed by atoms with Crippen molar-refractivity contribution in [1.82, 2.24) is 10.6 Å². The molecule has 0 spiro atoms. The number of hydrogen-bond donors (Lipinski definition) is 2. The minimum Gasteiger partial charge on any atom is -0.358 e. The zero-order valence-electron chi connectivity index (χ0n) is 10.4. The van der Waals surface area contributed by atoms with Crippen LogP contribution in [0, 0.1) is 0 Å². The van der Waals surface area contributed by atoms with Crippen molar-refractivity contribution in [1.29, 1.82) is 0 Å². The Labute approximate surface area is 116 Å². The average Bonchev–Trinajstić information content (AvgIpc) is 2.54. The fourth-order valence-corrected chi connectivity index (χ4v) is 2.76. The topological polar surface area (TPSA) is 44.4 Å². The van der Waals surface area contributed by atoms with Gasteiger partial charge >= 0.3 is 0 Å². The standard InChI is InChI=1S/C13H18BrN3O/c1-15-9-12-13(18)16-7-4-8-17(12)11-6-3-2-5-10(11)14/h2-3,5-6,12,15H,4,7-9H2,1H3,(H,16,18). The van der Waals surface area contributed by atoms with Crippen LogP contribution in [-0.2, 0) is 4.79 Å². The number of anilines is 1. The van der Waals surface area contributed by atoms with Crippen molar-refractivity contribution in [2.75, 3.05) is 31.6 Å². The molecule has 1 aliphatic rings. The van der Waals surface area contributed by atoms with Crippen LogP contribution in [0.2, 0.25) is 0 Å². The predicted octanol–water partition coefficient (Wildman–Crippen LogP) is 1.36. The van der Waals surface area contributed by atoms with Crippen molar-refractivity contribution < 1.29 is 4.79 Å². The van der Waals surface area contributed by atoms with Crippen LogP contribution in [0.3, 0.4) is 0 Å². The smallest absolute Gasteiger partial charge is 0.244 e. The molecule has 1 aromatic carbocycles. The van der Waals surface area contributed by atoms with Gasteiger partial charge in [0.1, 0.15) is 6.04 Å². The van der Waals surface area contributed by atoms with Gasteiger partial charge < -0.3 is 15.5 Å². The van der Waals surface area contributed by atoms with Crippen LogP contribution in [-0.4, -0.2) is 38.6 Å². The molecule has 0 saturated carbocycles. The predicted molar refractivity (Wildman–Crippen MR) is 76.8 cm³/mol. The van der Waals surface area contributed by atoms with Crippen molar-refractivity contribution in [3.05, 3.63) is 28.7 Å². The van der Waals surface area contributed by atoms with Crippen LogP contribution in [0.1, 0.15) is 6.42 Å². The highest BCUT2D eigenvalue weighted by Gasteiger charge is 2.28.